The highest BCUT2D eigenvalue weighted by molar-refractivity contribution is 5.82. The van der Waals surface area contributed by atoms with E-state index in [0.29, 0.717) is 11.8 Å². The first kappa shape index (κ1) is 20.5. The normalized spacial score (nSPS) is 21.2. The van der Waals surface area contributed by atoms with Gasteiger partial charge in [0.05, 0.1) is 11.6 Å². The largest absolute Gasteiger partial charge is 0.349 e. The molecule has 0 spiro atoms. The van der Waals surface area contributed by atoms with Gasteiger partial charge in [0.2, 0.25) is 5.91 Å². The minimum absolute atomic E-state index is 0.00979. The summed E-state index contributed by atoms with van der Waals surface area (Å²) in [5.41, 5.74) is 3.16. The van der Waals surface area contributed by atoms with E-state index in [9.17, 15) is 9.18 Å². The van der Waals surface area contributed by atoms with Gasteiger partial charge in [-0.1, -0.05) is 37.3 Å². The van der Waals surface area contributed by atoms with E-state index in [4.69, 9.17) is 0 Å². The molecule has 0 aliphatic heterocycles. The molecular formula is C26H29FN2O. The molecule has 3 nitrogen and oxygen atoms in total. The predicted octanol–water partition coefficient (Wildman–Crippen LogP) is 6.16. The van der Waals surface area contributed by atoms with Crippen LogP contribution in [0.25, 0.3) is 10.9 Å². The number of rotatable bonds is 5. The van der Waals surface area contributed by atoms with Crippen LogP contribution >= 0.6 is 0 Å². The molecule has 4 rings (SSSR count). The maximum absolute atomic E-state index is 13.8. The van der Waals surface area contributed by atoms with Crippen LogP contribution in [0.5, 0.6) is 0 Å². The van der Waals surface area contributed by atoms with Gasteiger partial charge in [0.1, 0.15) is 5.82 Å². The Kier molecular flexibility index (Phi) is 6.12. The average Bonchev–Trinajstić information content (AvgIpc) is 2.78. The van der Waals surface area contributed by atoms with Gasteiger partial charge in [0, 0.05) is 17.5 Å². The van der Waals surface area contributed by atoms with Gasteiger partial charge in [-0.2, -0.15) is 0 Å². The summed E-state index contributed by atoms with van der Waals surface area (Å²) in [5, 5.41) is 4.10. The highest BCUT2D eigenvalue weighted by Gasteiger charge is 2.30. The van der Waals surface area contributed by atoms with E-state index in [2.05, 4.69) is 17.2 Å². The molecule has 1 aromatic heterocycles. The summed E-state index contributed by atoms with van der Waals surface area (Å²) in [5.74, 6) is 0.680. The van der Waals surface area contributed by atoms with Crippen LogP contribution in [-0.4, -0.2) is 10.9 Å². The predicted molar refractivity (Wildman–Crippen MR) is 119 cm³/mol. The second-order valence-corrected chi connectivity index (χ2v) is 8.60. The van der Waals surface area contributed by atoms with E-state index < -0.39 is 0 Å². The summed E-state index contributed by atoms with van der Waals surface area (Å²) in [6.45, 7) is 4.08. The zero-order chi connectivity index (χ0) is 21.1. The lowest BCUT2D eigenvalue weighted by atomic mass is 9.73. The average molecular weight is 405 g/mol. The smallest absolute Gasteiger partial charge is 0.223 e. The molecule has 0 bridgehead atoms. The summed E-state index contributed by atoms with van der Waals surface area (Å²) >= 11 is 0. The van der Waals surface area contributed by atoms with Crippen LogP contribution in [0.1, 0.15) is 62.6 Å². The zero-order valence-electron chi connectivity index (χ0n) is 17.6. The number of pyridine rings is 1. The molecule has 1 saturated carbocycles. The minimum Gasteiger partial charge on any atom is -0.349 e. The van der Waals surface area contributed by atoms with Crippen molar-refractivity contribution in [3.05, 3.63) is 77.7 Å². The van der Waals surface area contributed by atoms with Crippen molar-refractivity contribution in [3.63, 3.8) is 0 Å². The van der Waals surface area contributed by atoms with E-state index in [0.717, 1.165) is 42.1 Å². The summed E-state index contributed by atoms with van der Waals surface area (Å²) in [6.07, 6.45) is 5.89. The number of halogens is 1. The lowest BCUT2D eigenvalue weighted by molar-refractivity contribution is -0.127. The third kappa shape index (κ3) is 4.38. The molecule has 1 heterocycles. The number of hydrogen-bond donors (Lipinski definition) is 1. The molecule has 0 saturated heterocycles. The lowest BCUT2D eigenvalue weighted by Crippen LogP contribution is -2.36. The maximum Gasteiger partial charge on any atom is 0.223 e. The molecule has 156 valence electrons. The van der Waals surface area contributed by atoms with Crippen molar-refractivity contribution in [2.75, 3.05) is 0 Å². The SMILES string of the molecule is CC(NC(=O)C(C)[C@H]1CC[C@@H](c2ccnc3ccc(F)cc32)CC1)c1ccccc1. The van der Waals surface area contributed by atoms with E-state index in [1.807, 2.05) is 49.5 Å². The molecular weight excluding hydrogens is 375 g/mol. The molecule has 4 heteroatoms. The molecule has 1 N–H and O–H groups in total. The van der Waals surface area contributed by atoms with Crippen LogP contribution in [-0.2, 0) is 4.79 Å². The number of carbonyl (C=O) groups excluding carboxylic acids is 1. The molecule has 2 atom stereocenters. The Morgan fingerprint density at radius 3 is 2.50 bits per heavy atom. The van der Waals surface area contributed by atoms with Gasteiger partial charge in [0.15, 0.2) is 0 Å². The van der Waals surface area contributed by atoms with Gasteiger partial charge in [-0.05, 0) is 79.8 Å². The quantitative estimate of drug-likeness (QED) is 0.553. The molecule has 30 heavy (non-hydrogen) atoms. The van der Waals surface area contributed by atoms with E-state index in [-0.39, 0.29) is 23.7 Å². The number of nitrogens with zero attached hydrogens (tertiary/aromatic N) is 1. The Hall–Kier alpha value is -2.75. The van der Waals surface area contributed by atoms with Gasteiger partial charge in [-0.25, -0.2) is 4.39 Å². The van der Waals surface area contributed by atoms with Crippen LogP contribution in [0.4, 0.5) is 4.39 Å². The standard InChI is InChI=1S/C26H29FN2O/c1-17(26(30)29-18(2)20-6-4-3-5-7-20)19-8-10-21(11-9-19)23-14-15-28-25-13-12-22(27)16-24(23)25/h3-7,12-19,21H,8-11H2,1-2H3,(H,29,30)/t17?,18?,19-,21+. The Balaban J connectivity index is 1.38. The third-order valence-corrected chi connectivity index (χ3v) is 6.73. The third-order valence-electron chi connectivity index (χ3n) is 6.73. The number of nitrogens with one attached hydrogen (secondary N) is 1. The Bertz CT molecular complexity index is 1010. The number of benzene rings is 2. The topological polar surface area (TPSA) is 42.0 Å². The first-order chi connectivity index (χ1) is 14.5. The minimum atomic E-state index is -0.219. The van der Waals surface area contributed by atoms with Crippen LogP contribution in [0.3, 0.4) is 0 Å². The van der Waals surface area contributed by atoms with E-state index in [1.54, 1.807) is 12.1 Å². The number of aromatic nitrogens is 1. The number of amides is 1. The monoisotopic (exact) mass is 404 g/mol. The maximum atomic E-state index is 13.8. The molecule has 0 radical (unpaired) electrons. The van der Waals surface area contributed by atoms with Crippen molar-refractivity contribution in [2.45, 2.75) is 51.5 Å². The van der Waals surface area contributed by atoms with Crippen LogP contribution in [0.15, 0.2) is 60.8 Å². The lowest BCUT2D eigenvalue weighted by Gasteiger charge is -2.33. The van der Waals surface area contributed by atoms with Crippen molar-refractivity contribution in [2.24, 2.45) is 11.8 Å². The van der Waals surface area contributed by atoms with E-state index >= 15 is 0 Å². The van der Waals surface area contributed by atoms with Crippen molar-refractivity contribution >= 4 is 16.8 Å². The second-order valence-electron chi connectivity index (χ2n) is 8.60. The molecule has 1 aliphatic rings. The van der Waals surface area contributed by atoms with Gasteiger partial charge in [0.25, 0.3) is 0 Å². The number of hydrogen-bond acceptors (Lipinski definition) is 2. The Morgan fingerprint density at radius 2 is 1.77 bits per heavy atom. The Morgan fingerprint density at radius 1 is 1.03 bits per heavy atom. The summed E-state index contributed by atoms with van der Waals surface area (Å²) in [7, 11) is 0. The first-order valence-electron chi connectivity index (χ1n) is 10.9. The number of carbonyl (C=O) groups is 1. The highest BCUT2D eigenvalue weighted by atomic mass is 19.1. The fourth-order valence-electron chi connectivity index (χ4n) is 4.81. The second kappa shape index (κ2) is 8.95. The van der Waals surface area contributed by atoms with Gasteiger partial charge in [-0.3, -0.25) is 9.78 Å². The number of fused-ring (bicyclic) bond motifs is 1. The Labute approximate surface area is 177 Å². The molecule has 2 aromatic carbocycles. The van der Waals surface area contributed by atoms with Gasteiger partial charge in [-0.15, -0.1) is 0 Å². The van der Waals surface area contributed by atoms with Crippen molar-refractivity contribution < 1.29 is 9.18 Å². The van der Waals surface area contributed by atoms with Crippen molar-refractivity contribution in [3.8, 4) is 0 Å². The van der Waals surface area contributed by atoms with Gasteiger partial charge < -0.3 is 5.32 Å². The summed E-state index contributed by atoms with van der Waals surface area (Å²) in [6, 6.07) is 16.9. The highest BCUT2D eigenvalue weighted by Crippen LogP contribution is 2.40. The first-order valence-corrected chi connectivity index (χ1v) is 10.9. The molecule has 1 aliphatic carbocycles. The molecule has 1 amide bonds. The van der Waals surface area contributed by atoms with Crippen LogP contribution in [0, 0.1) is 17.7 Å². The molecule has 2 unspecified atom stereocenters. The molecule has 3 aromatic rings. The summed E-state index contributed by atoms with van der Waals surface area (Å²) < 4.78 is 13.8. The molecule has 1 fully saturated rings. The summed E-state index contributed by atoms with van der Waals surface area (Å²) in [4.78, 5) is 17.2. The van der Waals surface area contributed by atoms with E-state index in [1.165, 1.54) is 11.6 Å². The fourth-order valence-corrected chi connectivity index (χ4v) is 4.81. The van der Waals surface area contributed by atoms with Crippen molar-refractivity contribution in [1.29, 1.82) is 0 Å². The van der Waals surface area contributed by atoms with Gasteiger partial charge >= 0.3 is 0 Å². The van der Waals surface area contributed by atoms with Crippen LogP contribution < -0.4 is 5.32 Å². The fraction of sp³-hybridized carbons (Fsp3) is 0.385. The van der Waals surface area contributed by atoms with Crippen molar-refractivity contribution in [1.82, 2.24) is 10.3 Å². The van der Waals surface area contributed by atoms with Crippen LogP contribution in [0.2, 0.25) is 0 Å². The zero-order valence-corrected chi connectivity index (χ0v) is 17.6.